The second-order valence-electron chi connectivity index (χ2n) is 4.01. The molecule has 0 spiro atoms. The number of halogens is 2. The summed E-state index contributed by atoms with van der Waals surface area (Å²) in [6, 6.07) is 5.07. The topological polar surface area (TPSA) is 43.8 Å². The summed E-state index contributed by atoms with van der Waals surface area (Å²) in [6.45, 7) is 3.67. The van der Waals surface area contributed by atoms with E-state index in [4.69, 9.17) is 5.73 Å². The van der Waals surface area contributed by atoms with Crippen molar-refractivity contribution >= 4 is 21.7 Å². The maximum atomic E-state index is 13.5. The average Bonchev–Trinajstić information content (AvgIpc) is 2.63. The van der Waals surface area contributed by atoms with E-state index in [0.29, 0.717) is 11.4 Å². The normalized spacial score (nSPS) is 12.7. The third-order valence-electron chi connectivity index (χ3n) is 2.83. The first-order chi connectivity index (χ1) is 8.00. The van der Waals surface area contributed by atoms with Crippen molar-refractivity contribution in [2.75, 3.05) is 5.73 Å². The zero-order valence-corrected chi connectivity index (χ0v) is 11.2. The molecule has 2 N–H and O–H groups in total. The molecule has 0 bridgehead atoms. The lowest BCUT2D eigenvalue weighted by Crippen LogP contribution is -2.11. The van der Waals surface area contributed by atoms with Crippen molar-refractivity contribution in [2.45, 2.75) is 19.9 Å². The molecule has 1 unspecified atom stereocenters. The van der Waals surface area contributed by atoms with Crippen LogP contribution in [-0.2, 0) is 0 Å². The molecule has 0 saturated heterocycles. The van der Waals surface area contributed by atoms with Gasteiger partial charge in [-0.3, -0.25) is 0 Å². The number of hydrogen-bond donors (Lipinski definition) is 1. The molecule has 2 rings (SSSR count). The molecule has 2 aromatic rings. The van der Waals surface area contributed by atoms with E-state index in [1.165, 1.54) is 6.07 Å². The molecule has 0 radical (unpaired) electrons. The Kier molecular flexibility index (Phi) is 3.19. The van der Waals surface area contributed by atoms with E-state index in [9.17, 15) is 4.39 Å². The Hall–Kier alpha value is -1.36. The number of hydrogen-bond acceptors (Lipinski definition) is 2. The molecule has 3 nitrogen and oxygen atoms in total. The molecule has 17 heavy (non-hydrogen) atoms. The van der Waals surface area contributed by atoms with Crippen LogP contribution >= 0.6 is 15.9 Å². The van der Waals surface area contributed by atoms with Crippen LogP contribution in [0.25, 0.3) is 0 Å². The molecule has 1 aromatic heterocycles. The lowest BCUT2D eigenvalue weighted by molar-refractivity contribution is 0.561. The summed E-state index contributed by atoms with van der Waals surface area (Å²) in [4.78, 5) is 0. The van der Waals surface area contributed by atoms with Crippen molar-refractivity contribution in [3.05, 3.63) is 45.8 Å². The van der Waals surface area contributed by atoms with Gasteiger partial charge in [0.25, 0.3) is 0 Å². The molecular formula is C12H13BrFN3. The van der Waals surface area contributed by atoms with Crippen LogP contribution in [0.3, 0.4) is 0 Å². The lowest BCUT2D eigenvalue weighted by Gasteiger charge is -2.15. The van der Waals surface area contributed by atoms with Crippen LogP contribution in [0.5, 0.6) is 0 Å². The van der Waals surface area contributed by atoms with Crippen LogP contribution < -0.4 is 5.73 Å². The summed E-state index contributed by atoms with van der Waals surface area (Å²) in [5, 5.41) is 4.17. The van der Waals surface area contributed by atoms with Gasteiger partial charge in [-0.1, -0.05) is 12.1 Å². The van der Waals surface area contributed by atoms with E-state index in [2.05, 4.69) is 21.0 Å². The lowest BCUT2D eigenvalue weighted by atomic mass is 10.1. The monoisotopic (exact) mass is 297 g/mol. The van der Waals surface area contributed by atoms with Crippen molar-refractivity contribution in [1.29, 1.82) is 0 Å². The smallest absolute Gasteiger partial charge is 0.136 e. The van der Waals surface area contributed by atoms with E-state index in [1.807, 2.05) is 13.0 Å². The maximum Gasteiger partial charge on any atom is 0.136 e. The van der Waals surface area contributed by atoms with E-state index >= 15 is 0 Å². The predicted molar refractivity (Wildman–Crippen MR) is 69.3 cm³/mol. The number of anilines is 1. The SMILES string of the molecule is Cc1ccc(C(C)n2ncc(Br)c2N)cc1F. The van der Waals surface area contributed by atoms with E-state index in [-0.39, 0.29) is 11.9 Å². The summed E-state index contributed by atoms with van der Waals surface area (Å²) in [5.74, 6) is 0.331. The minimum atomic E-state index is -0.209. The van der Waals surface area contributed by atoms with Crippen LogP contribution in [0.2, 0.25) is 0 Å². The van der Waals surface area contributed by atoms with Crippen LogP contribution in [-0.4, -0.2) is 9.78 Å². The molecular weight excluding hydrogens is 285 g/mol. The van der Waals surface area contributed by atoms with Crippen molar-refractivity contribution in [1.82, 2.24) is 9.78 Å². The minimum absolute atomic E-state index is 0.101. The van der Waals surface area contributed by atoms with E-state index in [1.54, 1.807) is 23.9 Å². The van der Waals surface area contributed by atoms with Gasteiger partial charge in [0.2, 0.25) is 0 Å². The fourth-order valence-electron chi connectivity index (χ4n) is 1.67. The molecule has 90 valence electrons. The highest BCUT2D eigenvalue weighted by atomic mass is 79.9. The average molecular weight is 298 g/mol. The highest BCUT2D eigenvalue weighted by molar-refractivity contribution is 9.10. The molecule has 0 aliphatic rings. The number of benzene rings is 1. The first-order valence-electron chi connectivity index (χ1n) is 5.25. The van der Waals surface area contributed by atoms with Gasteiger partial charge in [-0.05, 0) is 47.0 Å². The number of rotatable bonds is 2. The van der Waals surface area contributed by atoms with Crippen molar-refractivity contribution in [2.24, 2.45) is 0 Å². The quantitative estimate of drug-likeness (QED) is 0.924. The fourth-order valence-corrected chi connectivity index (χ4v) is 1.94. The number of nitrogens with zero attached hydrogens (tertiary/aromatic N) is 2. The standard InChI is InChI=1S/C12H13BrFN3/c1-7-3-4-9(5-11(7)14)8(2)17-12(15)10(13)6-16-17/h3-6,8H,15H2,1-2H3. The molecule has 1 aromatic carbocycles. The first-order valence-corrected chi connectivity index (χ1v) is 6.04. The molecule has 0 amide bonds. The Morgan fingerprint density at radius 3 is 2.71 bits per heavy atom. The molecule has 0 saturated carbocycles. The maximum absolute atomic E-state index is 13.5. The third kappa shape index (κ3) is 2.20. The van der Waals surface area contributed by atoms with Gasteiger partial charge in [0.1, 0.15) is 11.6 Å². The number of nitrogens with two attached hydrogens (primary N) is 1. The first kappa shape index (κ1) is 12.1. The molecule has 0 aliphatic heterocycles. The number of aryl methyl sites for hydroxylation is 1. The Labute approximate surface area is 108 Å². The van der Waals surface area contributed by atoms with Crippen LogP contribution in [0.15, 0.2) is 28.9 Å². The van der Waals surface area contributed by atoms with Gasteiger partial charge in [-0.15, -0.1) is 0 Å². The Bertz CT molecular complexity index is 551. The summed E-state index contributed by atoms with van der Waals surface area (Å²) in [7, 11) is 0. The largest absolute Gasteiger partial charge is 0.383 e. The van der Waals surface area contributed by atoms with E-state index in [0.717, 1.165) is 10.0 Å². The van der Waals surface area contributed by atoms with Crippen molar-refractivity contribution in [3.63, 3.8) is 0 Å². The third-order valence-corrected chi connectivity index (χ3v) is 3.44. The minimum Gasteiger partial charge on any atom is -0.383 e. The fraction of sp³-hybridized carbons (Fsp3) is 0.250. The zero-order chi connectivity index (χ0) is 12.6. The summed E-state index contributed by atoms with van der Waals surface area (Å²) >= 11 is 3.30. The van der Waals surface area contributed by atoms with Crippen LogP contribution in [0, 0.1) is 12.7 Å². The van der Waals surface area contributed by atoms with Gasteiger partial charge in [0.15, 0.2) is 0 Å². The van der Waals surface area contributed by atoms with Gasteiger partial charge in [-0.2, -0.15) is 5.10 Å². The van der Waals surface area contributed by atoms with Crippen molar-refractivity contribution < 1.29 is 4.39 Å². The molecule has 5 heteroatoms. The van der Waals surface area contributed by atoms with Gasteiger partial charge in [0.05, 0.1) is 16.7 Å². The van der Waals surface area contributed by atoms with Gasteiger partial charge in [0, 0.05) is 0 Å². The molecule has 1 heterocycles. The molecule has 0 fully saturated rings. The van der Waals surface area contributed by atoms with Gasteiger partial charge in [-0.25, -0.2) is 9.07 Å². The Balaban J connectivity index is 2.40. The van der Waals surface area contributed by atoms with Gasteiger partial charge >= 0.3 is 0 Å². The Morgan fingerprint density at radius 2 is 2.18 bits per heavy atom. The second-order valence-corrected chi connectivity index (χ2v) is 4.86. The van der Waals surface area contributed by atoms with Gasteiger partial charge < -0.3 is 5.73 Å². The second kappa shape index (κ2) is 4.49. The highest BCUT2D eigenvalue weighted by Crippen LogP contribution is 2.26. The van der Waals surface area contributed by atoms with Crippen LogP contribution in [0.4, 0.5) is 10.2 Å². The predicted octanol–water partition coefficient (Wildman–Crippen LogP) is 3.28. The molecule has 1 atom stereocenters. The number of nitrogen functional groups attached to an aromatic ring is 1. The summed E-state index contributed by atoms with van der Waals surface area (Å²) in [5.41, 5.74) is 7.35. The highest BCUT2D eigenvalue weighted by Gasteiger charge is 2.14. The van der Waals surface area contributed by atoms with Crippen molar-refractivity contribution in [3.8, 4) is 0 Å². The molecule has 0 aliphatic carbocycles. The summed E-state index contributed by atoms with van der Waals surface area (Å²) in [6.07, 6.45) is 1.64. The van der Waals surface area contributed by atoms with Crippen LogP contribution in [0.1, 0.15) is 24.1 Å². The summed E-state index contributed by atoms with van der Waals surface area (Å²) < 4.78 is 15.9. The number of aromatic nitrogens is 2. The Morgan fingerprint density at radius 1 is 1.47 bits per heavy atom. The van der Waals surface area contributed by atoms with E-state index < -0.39 is 0 Å². The zero-order valence-electron chi connectivity index (χ0n) is 9.61.